The highest BCUT2D eigenvalue weighted by molar-refractivity contribution is 7.99. The van der Waals surface area contributed by atoms with Crippen molar-refractivity contribution in [3.05, 3.63) is 35.9 Å². The van der Waals surface area contributed by atoms with Crippen molar-refractivity contribution in [1.29, 1.82) is 0 Å². The van der Waals surface area contributed by atoms with Gasteiger partial charge in [0.25, 0.3) is 0 Å². The van der Waals surface area contributed by atoms with Crippen LogP contribution in [0.15, 0.2) is 30.3 Å². The van der Waals surface area contributed by atoms with Crippen LogP contribution in [-0.4, -0.2) is 54.6 Å². The summed E-state index contributed by atoms with van der Waals surface area (Å²) in [7, 11) is 0. The van der Waals surface area contributed by atoms with E-state index in [-0.39, 0.29) is 12.0 Å². The molecule has 114 valence electrons. The summed E-state index contributed by atoms with van der Waals surface area (Å²) >= 11 is 1.93. The molecule has 2 heterocycles. The number of ether oxygens (including phenoxy) is 1. The maximum Gasteiger partial charge on any atom is 0.224 e. The number of hydrogen-bond acceptors (Lipinski definition) is 4. The Hall–Kier alpha value is -1.04. The number of amides is 1. The maximum absolute atomic E-state index is 12.5. The molecule has 2 aliphatic heterocycles. The first kappa shape index (κ1) is 14.9. The summed E-state index contributed by atoms with van der Waals surface area (Å²) in [4.78, 5) is 14.4. The number of carbonyl (C=O) groups excluding carboxylic acids is 1. The first-order valence-electron chi connectivity index (χ1n) is 7.58. The molecular formula is C16H22N2O2S. The van der Waals surface area contributed by atoms with Gasteiger partial charge in [0.2, 0.25) is 5.91 Å². The second-order valence-electron chi connectivity index (χ2n) is 5.54. The molecule has 0 bridgehead atoms. The lowest BCUT2D eigenvalue weighted by molar-refractivity contribution is -0.139. The molecule has 2 saturated heterocycles. The summed E-state index contributed by atoms with van der Waals surface area (Å²) in [6, 6.07) is 10.5. The minimum absolute atomic E-state index is 0.0117. The Morgan fingerprint density at radius 1 is 1.38 bits per heavy atom. The minimum atomic E-state index is 0.0117. The fourth-order valence-corrected chi connectivity index (χ4v) is 3.78. The van der Waals surface area contributed by atoms with Gasteiger partial charge in [-0.15, -0.1) is 0 Å². The van der Waals surface area contributed by atoms with E-state index in [1.54, 1.807) is 0 Å². The Balaban J connectivity index is 1.56. The van der Waals surface area contributed by atoms with Gasteiger partial charge in [0.05, 0.1) is 13.2 Å². The van der Waals surface area contributed by atoms with Crippen molar-refractivity contribution in [2.24, 2.45) is 0 Å². The number of rotatable bonds is 3. The third-order valence-corrected chi connectivity index (χ3v) is 5.14. The standard InChI is InChI=1S/C16H22N2O2S/c19-16(10-14-12-21-9-6-17-14)18-7-8-20-15(11-18)13-4-2-1-3-5-13/h1-5,14-15,17H,6-12H2. The Morgan fingerprint density at radius 3 is 3.00 bits per heavy atom. The zero-order chi connectivity index (χ0) is 14.5. The predicted octanol–water partition coefficient (Wildman–Crippen LogP) is 1.68. The van der Waals surface area contributed by atoms with Crippen molar-refractivity contribution < 1.29 is 9.53 Å². The van der Waals surface area contributed by atoms with Crippen LogP contribution in [0, 0.1) is 0 Å². The monoisotopic (exact) mass is 306 g/mol. The molecule has 1 N–H and O–H groups in total. The Bertz CT molecular complexity index is 463. The van der Waals surface area contributed by atoms with E-state index in [1.165, 1.54) is 0 Å². The SMILES string of the molecule is O=C(CC1CSCCN1)N1CCOC(c2ccccc2)C1. The fraction of sp³-hybridized carbons (Fsp3) is 0.562. The zero-order valence-electron chi connectivity index (χ0n) is 12.2. The quantitative estimate of drug-likeness (QED) is 0.922. The largest absolute Gasteiger partial charge is 0.370 e. The first-order valence-corrected chi connectivity index (χ1v) is 8.74. The van der Waals surface area contributed by atoms with Gasteiger partial charge in [0.15, 0.2) is 0 Å². The van der Waals surface area contributed by atoms with Crippen LogP contribution in [0.4, 0.5) is 0 Å². The molecule has 4 nitrogen and oxygen atoms in total. The van der Waals surface area contributed by atoms with E-state index in [1.807, 2.05) is 34.9 Å². The van der Waals surface area contributed by atoms with E-state index in [4.69, 9.17) is 4.74 Å². The minimum Gasteiger partial charge on any atom is -0.370 e. The third-order valence-electron chi connectivity index (χ3n) is 4.01. The summed E-state index contributed by atoms with van der Waals surface area (Å²) in [5.74, 6) is 2.44. The molecule has 1 amide bonds. The topological polar surface area (TPSA) is 41.6 Å². The molecule has 2 atom stereocenters. The molecule has 2 aliphatic rings. The normalized spacial score (nSPS) is 26.6. The second-order valence-corrected chi connectivity index (χ2v) is 6.69. The molecule has 0 aliphatic carbocycles. The molecule has 1 aromatic rings. The third kappa shape index (κ3) is 3.99. The summed E-state index contributed by atoms with van der Waals surface area (Å²) in [6.45, 7) is 3.02. The second kappa shape index (κ2) is 7.29. The average Bonchev–Trinajstić information content (AvgIpc) is 2.57. The average molecular weight is 306 g/mol. The number of benzene rings is 1. The van der Waals surface area contributed by atoms with Crippen molar-refractivity contribution >= 4 is 17.7 Å². The van der Waals surface area contributed by atoms with Gasteiger partial charge >= 0.3 is 0 Å². The van der Waals surface area contributed by atoms with Crippen LogP contribution >= 0.6 is 11.8 Å². The van der Waals surface area contributed by atoms with Crippen molar-refractivity contribution in [3.63, 3.8) is 0 Å². The van der Waals surface area contributed by atoms with Crippen LogP contribution in [0.25, 0.3) is 0 Å². The van der Waals surface area contributed by atoms with Gasteiger partial charge in [-0.05, 0) is 5.56 Å². The molecule has 3 rings (SSSR count). The van der Waals surface area contributed by atoms with Crippen LogP contribution in [0.5, 0.6) is 0 Å². The van der Waals surface area contributed by atoms with Crippen LogP contribution in [0.2, 0.25) is 0 Å². The summed E-state index contributed by atoms with van der Waals surface area (Å²) in [5.41, 5.74) is 1.15. The number of nitrogens with one attached hydrogen (secondary N) is 1. The Morgan fingerprint density at radius 2 is 2.24 bits per heavy atom. The number of morpholine rings is 1. The Kier molecular flexibility index (Phi) is 5.17. The smallest absolute Gasteiger partial charge is 0.224 e. The van der Waals surface area contributed by atoms with Crippen LogP contribution in [-0.2, 0) is 9.53 Å². The lowest BCUT2D eigenvalue weighted by Crippen LogP contribution is -2.46. The van der Waals surface area contributed by atoms with E-state index >= 15 is 0 Å². The van der Waals surface area contributed by atoms with Crippen molar-refractivity contribution in [2.75, 3.05) is 37.7 Å². The number of hydrogen-bond donors (Lipinski definition) is 1. The molecule has 5 heteroatoms. The first-order chi connectivity index (χ1) is 10.3. The van der Waals surface area contributed by atoms with Crippen LogP contribution < -0.4 is 5.32 Å². The van der Waals surface area contributed by atoms with Gasteiger partial charge in [0, 0.05) is 37.1 Å². The maximum atomic E-state index is 12.5. The van der Waals surface area contributed by atoms with Gasteiger partial charge in [-0.3, -0.25) is 4.79 Å². The van der Waals surface area contributed by atoms with Gasteiger partial charge in [-0.2, -0.15) is 11.8 Å². The van der Waals surface area contributed by atoms with E-state index in [0.717, 1.165) is 23.6 Å². The van der Waals surface area contributed by atoms with Gasteiger partial charge in [0.1, 0.15) is 6.10 Å². The molecule has 0 spiro atoms. The van der Waals surface area contributed by atoms with Crippen molar-refractivity contribution in [1.82, 2.24) is 10.2 Å². The molecule has 2 fully saturated rings. The molecular weight excluding hydrogens is 284 g/mol. The van der Waals surface area contributed by atoms with Crippen molar-refractivity contribution in [3.8, 4) is 0 Å². The molecule has 0 aromatic heterocycles. The molecule has 21 heavy (non-hydrogen) atoms. The highest BCUT2D eigenvalue weighted by atomic mass is 32.2. The summed E-state index contributed by atoms with van der Waals surface area (Å²) < 4.78 is 5.82. The number of nitrogens with zero attached hydrogens (tertiary/aromatic N) is 1. The van der Waals surface area contributed by atoms with E-state index in [2.05, 4.69) is 17.4 Å². The lowest BCUT2D eigenvalue weighted by atomic mass is 10.1. The van der Waals surface area contributed by atoms with E-state index in [0.29, 0.717) is 32.2 Å². The highest BCUT2D eigenvalue weighted by Gasteiger charge is 2.27. The van der Waals surface area contributed by atoms with Crippen LogP contribution in [0.1, 0.15) is 18.1 Å². The van der Waals surface area contributed by atoms with Gasteiger partial charge in [-0.25, -0.2) is 0 Å². The number of thioether (sulfide) groups is 1. The van der Waals surface area contributed by atoms with Crippen molar-refractivity contribution in [2.45, 2.75) is 18.6 Å². The molecule has 0 radical (unpaired) electrons. The molecule has 2 unspecified atom stereocenters. The number of carbonyl (C=O) groups is 1. The van der Waals surface area contributed by atoms with E-state index in [9.17, 15) is 4.79 Å². The lowest BCUT2D eigenvalue weighted by Gasteiger charge is -2.34. The van der Waals surface area contributed by atoms with E-state index < -0.39 is 0 Å². The van der Waals surface area contributed by atoms with Crippen LogP contribution in [0.3, 0.4) is 0 Å². The summed E-state index contributed by atoms with van der Waals surface area (Å²) in [6.07, 6.45) is 0.617. The highest BCUT2D eigenvalue weighted by Crippen LogP contribution is 2.22. The summed E-state index contributed by atoms with van der Waals surface area (Å²) in [5, 5.41) is 3.43. The molecule has 0 saturated carbocycles. The predicted molar refractivity (Wildman–Crippen MR) is 85.4 cm³/mol. The zero-order valence-corrected chi connectivity index (χ0v) is 13.0. The fourth-order valence-electron chi connectivity index (χ4n) is 2.84. The van der Waals surface area contributed by atoms with Gasteiger partial charge < -0.3 is 15.0 Å². The van der Waals surface area contributed by atoms with Gasteiger partial charge in [-0.1, -0.05) is 30.3 Å². The Labute approximate surface area is 130 Å². The molecule has 1 aromatic carbocycles.